The Bertz CT molecular complexity index is 1630. The molecule has 0 bridgehead atoms. The summed E-state index contributed by atoms with van der Waals surface area (Å²) < 4.78 is 7.52. The predicted molar refractivity (Wildman–Crippen MR) is 132 cm³/mol. The molecule has 3 aromatic heterocycles. The van der Waals surface area contributed by atoms with Crippen molar-refractivity contribution in [1.29, 1.82) is 0 Å². The molecular formula is C25H20N8O2. The summed E-state index contributed by atoms with van der Waals surface area (Å²) in [6, 6.07) is 13.0. The molecule has 1 N–H and O–H groups in total. The van der Waals surface area contributed by atoms with Crippen molar-refractivity contribution >= 4 is 39.6 Å². The van der Waals surface area contributed by atoms with Gasteiger partial charge in [-0.15, -0.1) is 0 Å². The number of anilines is 3. The van der Waals surface area contributed by atoms with Gasteiger partial charge in [0.15, 0.2) is 5.65 Å². The molecule has 0 radical (unpaired) electrons. The molecule has 0 aliphatic carbocycles. The van der Waals surface area contributed by atoms with E-state index < -0.39 is 0 Å². The van der Waals surface area contributed by atoms with Gasteiger partial charge in [-0.3, -0.25) is 4.79 Å². The van der Waals surface area contributed by atoms with Crippen LogP contribution in [0.2, 0.25) is 0 Å². The second-order valence-electron chi connectivity index (χ2n) is 7.66. The molecule has 5 rings (SSSR count). The average molecular weight is 464 g/mol. The zero-order valence-corrected chi connectivity index (χ0v) is 19.2. The third-order valence-corrected chi connectivity index (χ3v) is 5.34. The van der Waals surface area contributed by atoms with E-state index in [-0.39, 0.29) is 5.91 Å². The molecular weight excluding hydrogens is 444 g/mol. The van der Waals surface area contributed by atoms with Crippen LogP contribution in [0.1, 0.15) is 12.5 Å². The van der Waals surface area contributed by atoms with Crippen molar-refractivity contribution in [2.24, 2.45) is 0 Å². The molecule has 0 unspecified atom stereocenters. The van der Waals surface area contributed by atoms with Gasteiger partial charge in [-0.2, -0.15) is 5.10 Å². The lowest BCUT2D eigenvalue weighted by molar-refractivity contribution is -0.113. The first-order chi connectivity index (χ1) is 17.0. The van der Waals surface area contributed by atoms with Gasteiger partial charge >= 0.3 is 5.91 Å². The minimum absolute atomic E-state index is 0.290. The fraction of sp³-hybridized carbons (Fsp3) is 0.120. The van der Waals surface area contributed by atoms with Crippen LogP contribution in [0.15, 0.2) is 61.4 Å². The van der Waals surface area contributed by atoms with Gasteiger partial charge in [0.2, 0.25) is 5.88 Å². The van der Waals surface area contributed by atoms with Crippen LogP contribution in [0.3, 0.4) is 0 Å². The highest BCUT2D eigenvalue weighted by Crippen LogP contribution is 2.30. The number of fused-ring (bicyclic) bond motifs is 2. The predicted octanol–water partition coefficient (Wildman–Crippen LogP) is 3.90. The minimum Gasteiger partial charge on any atom is -0.439 e. The fourth-order valence-electron chi connectivity index (χ4n) is 3.52. The maximum atomic E-state index is 12.2. The highest BCUT2D eigenvalue weighted by atomic mass is 16.5. The van der Waals surface area contributed by atoms with Crippen molar-refractivity contribution in [3.05, 3.63) is 67.0 Å². The van der Waals surface area contributed by atoms with Crippen molar-refractivity contribution in [2.45, 2.75) is 13.8 Å². The summed E-state index contributed by atoms with van der Waals surface area (Å²) in [5.74, 6) is 6.60. The van der Waals surface area contributed by atoms with Gasteiger partial charge in [-0.05, 0) is 61.7 Å². The normalized spacial score (nSPS) is 10.6. The third-order valence-electron chi connectivity index (χ3n) is 5.34. The molecule has 3 heterocycles. The Morgan fingerprint density at radius 1 is 1.06 bits per heavy atom. The summed E-state index contributed by atoms with van der Waals surface area (Å²) in [5.41, 5.74) is 3.82. The lowest BCUT2D eigenvalue weighted by atomic mass is 10.1. The van der Waals surface area contributed by atoms with Crippen LogP contribution in [0, 0.1) is 18.8 Å². The first kappa shape index (κ1) is 21.8. The first-order valence-corrected chi connectivity index (χ1v) is 10.7. The quantitative estimate of drug-likeness (QED) is 0.390. The number of ether oxygens (including phenoxy) is 1. The number of amides is 1. The van der Waals surface area contributed by atoms with Gasteiger partial charge in [0, 0.05) is 29.9 Å². The van der Waals surface area contributed by atoms with Gasteiger partial charge in [-0.25, -0.2) is 24.5 Å². The van der Waals surface area contributed by atoms with Gasteiger partial charge in [0.1, 0.15) is 30.5 Å². The second-order valence-corrected chi connectivity index (χ2v) is 7.66. The highest BCUT2D eigenvalue weighted by molar-refractivity contribution is 6.06. The smallest absolute Gasteiger partial charge is 0.302 e. The van der Waals surface area contributed by atoms with Gasteiger partial charge in [0.25, 0.3) is 0 Å². The van der Waals surface area contributed by atoms with Crippen molar-refractivity contribution in [1.82, 2.24) is 29.5 Å². The molecule has 0 saturated carbocycles. The number of nitrogens with one attached hydrogen (secondary N) is 1. The Hall–Kier alpha value is -5.04. The topological polar surface area (TPSA) is 110 Å². The monoisotopic (exact) mass is 464 g/mol. The van der Waals surface area contributed by atoms with Gasteiger partial charge < -0.3 is 15.0 Å². The number of carbonyl (C=O) groups excluding carboxylic acids is 1. The average Bonchev–Trinajstić information content (AvgIpc) is 3.33. The molecule has 10 heteroatoms. The Kier molecular flexibility index (Phi) is 5.65. The van der Waals surface area contributed by atoms with E-state index in [0.29, 0.717) is 28.8 Å². The van der Waals surface area contributed by atoms with E-state index in [4.69, 9.17) is 4.74 Å². The van der Waals surface area contributed by atoms with Crippen LogP contribution in [-0.2, 0) is 4.79 Å². The van der Waals surface area contributed by atoms with Crippen molar-refractivity contribution in [3.8, 4) is 23.5 Å². The molecule has 35 heavy (non-hydrogen) atoms. The summed E-state index contributed by atoms with van der Waals surface area (Å²) in [6.45, 7) is 3.58. The lowest BCUT2D eigenvalue weighted by Gasteiger charge is -2.16. The Morgan fingerprint density at radius 2 is 1.94 bits per heavy atom. The van der Waals surface area contributed by atoms with Crippen LogP contribution in [-0.4, -0.2) is 42.5 Å². The summed E-state index contributed by atoms with van der Waals surface area (Å²) in [7, 11) is 1.68. The molecule has 0 aliphatic rings. The summed E-state index contributed by atoms with van der Waals surface area (Å²) >= 11 is 0. The van der Waals surface area contributed by atoms with Crippen LogP contribution >= 0.6 is 0 Å². The van der Waals surface area contributed by atoms with E-state index in [9.17, 15) is 4.79 Å². The maximum Gasteiger partial charge on any atom is 0.302 e. The standard InChI is InChI=1S/C25H20N8O2/c1-4-5-24(34)32(3)18-7-8-20-19(11-18)25(28-13-26-20)31-17-6-9-21(16(2)10-17)35-23-12-22-27-14-30-33(22)15-29-23/h6-15H,1-3H3,(H,26,28,31). The SMILES string of the molecule is CC#CC(=O)N(C)c1ccc2ncnc(Nc3ccc(Oc4cc5ncnn5cn4)c(C)c3)c2c1. The van der Waals surface area contributed by atoms with E-state index in [1.165, 1.54) is 17.6 Å². The highest BCUT2D eigenvalue weighted by Gasteiger charge is 2.12. The molecule has 5 aromatic rings. The van der Waals surface area contributed by atoms with Crippen molar-refractivity contribution < 1.29 is 9.53 Å². The molecule has 0 fully saturated rings. The molecule has 1 amide bonds. The summed E-state index contributed by atoms with van der Waals surface area (Å²) in [4.78, 5) is 30.8. The molecule has 0 aliphatic heterocycles. The van der Waals surface area contributed by atoms with Crippen LogP contribution in [0.5, 0.6) is 11.6 Å². The number of nitrogens with zero attached hydrogens (tertiary/aromatic N) is 7. The number of rotatable bonds is 5. The number of benzene rings is 2. The molecule has 10 nitrogen and oxygen atoms in total. The lowest BCUT2D eigenvalue weighted by Crippen LogP contribution is -2.24. The number of aromatic nitrogens is 6. The third kappa shape index (κ3) is 4.43. The van der Waals surface area contributed by atoms with Crippen LogP contribution < -0.4 is 15.0 Å². The van der Waals surface area contributed by atoms with Gasteiger partial charge in [0.05, 0.1) is 5.52 Å². The maximum absolute atomic E-state index is 12.2. The van der Waals surface area contributed by atoms with Crippen LogP contribution in [0.4, 0.5) is 17.2 Å². The Balaban J connectivity index is 1.41. The molecule has 172 valence electrons. The largest absolute Gasteiger partial charge is 0.439 e. The Labute approximate surface area is 200 Å². The molecule has 0 spiro atoms. The Morgan fingerprint density at radius 3 is 2.77 bits per heavy atom. The number of hydrogen-bond acceptors (Lipinski definition) is 8. The van der Waals surface area contributed by atoms with E-state index >= 15 is 0 Å². The number of carbonyl (C=O) groups is 1. The zero-order chi connectivity index (χ0) is 24.4. The fourth-order valence-corrected chi connectivity index (χ4v) is 3.52. The molecule has 0 atom stereocenters. The summed E-state index contributed by atoms with van der Waals surface area (Å²) in [6.07, 6.45) is 4.51. The second kappa shape index (κ2) is 9.07. The van der Waals surface area contributed by atoms with Crippen molar-refractivity contribution in [2.75, 3.05) is 17.3 Å². The van der Waals surface area contributed by atoms with Gasteiger partial charge in [-0.1, -0.05) is 5.92 Å². The van der Waals surface area contributed by atoms with E-state index in [0.717, 1.165) is 22.2 Å². The van der Waals surface area contributed by atoms with E-state index in [1.807, 2.05) is 43.3 Å². The zero-order valence-electron chi connectivity index (χ0n) is 19.2. The number of hydrogen-bond donors (Lipinski definition) is 1. The summed E-state index contributed by atoms with van der Waals surface area (Å²) in [5, 5.41) is 8.15. The molecule has 0 saturated heterocycles. The first-order valence-electron chi connectivity index (χ1n) is 10.7. The minimum atomic E-state index is -0.290. The molecule has 2 aromatic carbocycles. The number of aryl methyl sites for hydroxylation is 1. The van der Waals surface area contributed by atoms with Crippen LogP contribution in [0.25, 0.3) is 16.6 Å². The van der Waals surface area contributed by atoms with Crippen molar-refractivity contribution in [3.63, 3.8) is 0 Å². The van der Waals surface area contributed by atoms with E-state index in [2.05, 4.69) is 42.2 Å². The van der Waals surface area contributed by atoms with E-state index in [1.54, 1.807) is 30.9 Å².